The van der Waals surface area contributed by atoms with Crippen LogP contribution in [0.1, 0.15) is 23.8 Å². The minimum Gasteiger partial charge on any atom is -0.448 e. The van der Waals surface area contributed by atoms with Crippen LogP contribution < -0.4 is 11.5 Å². The van der Waals surface area contributed by atoms with Crippen molar-refractivity contribution >= 4 is 17.6 Å². The standard InChI is InChI=1S/C14H16N4O3/c1-2-12(13(16)19)21-14(20)11-6-7-18(17-11)10-5-3-4-9(15)8-10/h3-8,12H,2,15H2,1H3,(H2,16,19). The van der Waals surface area contributed by atoms with E-state index in [9.17, 15) is 9.59 Å². The SMILES string of the molecule is CCC(OC(=O)c1ccn(-c2cccc(N)c2)n1)C(N)=O. The zero-order valence-electron chi connectivity index (χ0n) is 11.5. The Hall–Kier alpha value is -2.83. The van der Waals surface area contributed by atoms with Crippen molar-refractivity contribution in [1.82, 2.24) is 9.78 Å². The van der Waals surface area contributed by atoms with Crippen LogP contribution in [0.2, 0.25) is 0 Å². The zero-order chi connectivity index (χ0) is 15.4. The van der Waals surface area contributed by atoms with Crippen molar-refractivity contribution in [2.75, 3.05) is 5.73 Å². The lowest BCUT2D eigenvalue weighted by Crippen LogP contribution is -2.32. The second kappa shape index (κ2) is 6.08. The number of nitrogens with zero attached hydrogens (tertiary/aromatic N) is 2. The molecule has 0 saturated carbocycles. The van der Waals surface area contributed by atoms with Gasteiger partial charge in [0.25, 0.3) is 5.91 Å². The molecule has 7 heteroatoms. The van der Waals surface area contributed by atoms with E-state index in [1.165, 1.54) is 10.7 Å². The Labute approximate surface area is 121 Å². The average Bonchev–Trinajstić information content (AvgIpc) is 2.94. The van der Waals surface area contributed by atoms with E-state index in [2.05, 4.69) is 5.10 Å². The first-order valence-corrected chi connectivity index (χ1v) is 6.43. The van der Waals surface area contributed by atoms with Crippen LogP contribution in [-0.2, 0) is 9.53 Å². The number of esters is 1. The Bertz CT molecular complexity index is 666. The van der Waals surface area contributed by atoms with Crippen molar-refractivity contribution in [3.63, 3.8) is 0 Å². The number of carbonyl (C=O) groups is 2. The summed E-state index contributed by atoms with van der Waals surface area (Å²) >= 11 is 0. The third kappa shape index (κ3) is 3.38. The van der Waals surface area contributed by atoms with Gasteiger partial charge in [0.2, 0.25) is 0 Å². The monoisotopic (exact) mass is 288 g/mol. The first kappa shape index (κ1) is 14.6. The smallest absolute Gasteiger partial charge is 0.359 e. The Morgan fingerprint density at radius 2 is 2.14 bits per heavy atom. The number of rotatable bonds is 5. The summed E-state index contributed by atoms with van der Waals surface area (Å²) in [4.78, 5) is 23.0. The van der Waals surface area contributed by atoms with Crippen molar-refractivity contribution in [3.05, 3.63) is 42.2 Å². The van der Waals surface area contributed by atoms with E-state index in [4.69, 9.17) is 16.2 Å². The molecule has 1 atom stereocenters. The third-order valence-corrected chi connectivity index (χ3v) is 2.87. The maximum absolute atomic E-state index is 11.9. The van der Waals surface area contributed by atoms with Gasteiger partial charge in [0.05, 0.1) is 5.69 Å². The molecular formula is C14H16N4O3. The number of carbonyl (C=O) groups excluding carboxylic acids is 2. The summed E-state index contributed by atoms with van der Waals surface area (Å²) in [6.07, 6.45) is 0.975. The van der Waals surface area contributed by atoms with E-state index >= 15 is 0 Å². The summed E-state index contributed by atoms with van der Waals surface area (Å²) in [5.41, 5.74) is 12.2. The highest BCUT2D eigenvalue weighted by atomic mass is 16.5. The molecule has 7 nitrogen and oxygen atoms in total. The fourth-order valence-electron chi connectivity index (χ4n) is 1.78. The highest BCUT2D eigenvalue weighted by molar-refractivity contribution is 5.90. The molecule has 0 fully saturated rings. The van der Waals surface area contributed by atoms with Gasteiger partial charge in [-0.05, 0) is 30.7 Å². The number of benzene rings is 1. The zero-order valence-corrected chi connectivity index (χ0v) is 11.5. The van der Waals surface area contributed by atoms with Crippen LogP contribution in [0.5, 0.6) is 0 Å². The third-order valence-electron chi connectivity index (χ3n) is 2.87. The largest absolute Gasteiger partial charge is 0.448 e. The van der Waals surface area contributed by atoms with Crippen molar-refractivity contribution in [3.8, 4) is 5.69 Å². The second-order valence-corrected chi connectivity index (χ2v) is 4.45. The molecule has 1 amide bonds. The molecule has 0 radical (unpaired) electrons. The predicted octanol–water partition coefficient (Wildman–Crippen LogP) is 0.875. The fraction of sp³-hybridized carbons (Fsp3) is 0.214. The second-order valence-electron chi connectivity index (χ2n) is 4.45. The number of ether oxygens (including phenoxy) is 1. The first-order valence-electron chi connectivity index (χ1n) is 6.43. The summed E-state index contributed by atoms with van der Waals surface area (Å²) in [5.74, 6) is -1.37. The van der Waals surface area contributed by atoms with Gasteiger partial charge in [-0.1, -0.05) is 13.0 Å². The van der Waals surface area contributed by atoms with Crippen LogP contribution in [0.25, 0.3) is 5.69 Å². The summed E-state index contributed by atoms with van der Waals surface area (Å²) in [7, 11) is 0. The normalized spacial score (nSPS) is 11.9. The molecular weight excluding hydrogens is 272 g/mol. The quantitative estimate of drug-likeness (QED) is 0.626. The molecule has 0 aliphatic heterocycles. The van der Waals surface area contributed by atoms with E-state index in [0.717, 1.165) is 5.69 Å². The van der Waals surface area contributed by atoms with Crippen molar-refractivity contribution < 1.29 is 14.3 Å². The van der Waals surface area contributed by atoms with Gasteiger partial charge < -0.3 is 16.2 Å². The van der Waals surface area contributed by atoms with Gasteiger partial charge in [0.15, 0.2) is 11.8 Å². The van der Waals surface area contributed by atoms with E-state index < -0.39 is 18.0 Å². The number of nitrogen functional groups attached to an aromatic ring is 1. The Morgan fingerprint density at radius 1 is 1.38 bits per heavy atom. The van der Waals surface area contributed by atoms with Gasteiger partial charge in [-0.25, -0.2) is 9.48 Å². The van der Waals surface area contributed by atoms with Gasteiger partial charge in [0, 0.05) is 11.9 Å². The minimum absolute atomic E-state index is 0.0946. The molecule has 1 unspecified atom stereocenters. The summed E-state index contributed by atoms with van der Waals surface area (Å²) in [5, 5.41) is 4.10. The molecule has 1 heterocycles. The number of hydrogen-bond acceptors (Lipinski definition) is 5. The molecule has 21 heavy (non-hydrogen) atoms. The number of primary amides is 1. The predicted molar refractivity (Wildman–Crippen MR) is 76.7 cm³/mol. The number of aromatic nitrogens is 2. The minimum atomic E-state index is -0.949. The molecule has 0 aliphatic carbocycles. The van der Waals surface area contributed by atoms with Crippen LogP contribution in [-0.4, -0.2) is 27.8 Å². The first-order chi connectivity index (χ1) is 10.0. The number of amides is 1. The molecule has 0 saturated heterocycles. The maximum Gasteiger partial charge on any atom is 0.359 e. The molecule has 0 spiro atoms. The maximum atomic E-state index is 11.9. The Kier molecular flexibility index (Phi) is 4.22. The average molecular weight is 288 g/mol. The number of hydrogen-bond donors (Lipinski definition) is 2. The lowest BCUT2D eigenvalue weighted by molar-refractivity contribution is -0.126. The summed E-state index contributed by atoms with van der Waals surface area (Å²) < 4.78 is 6.50. The Morgan fingerprint density at radius 3 is 2.76 bits per heavy atom. The fourth-order valence-corrected chi connectivity index (χ4v) is 1.78. The highest BCUT2D eigenvalue weighted by Gasteiger charge is 2.21. The van der Waals surface area contributed by atoms with Crippen molar-refractivity contribution in [2.24, 2.45) is 5.73 Å². The number of anilines is 1. The Balaban J connectivity index is 2.16. The van der Waals surface area contributed by atoms with Crippen molar-refractivity contribution in [1.29, 1.82) is 0 Å². The van der Waals surface area contributed by atoms with Gasteiger partial charge >= 0.3 is 5.97 Å². The van der Waals surface area contributed by atoms with Gasteiger partial charge in [-0.2, -0.15) is 5.10 Å². The summed E-state index contributed by atoms with van der Waals surface area (Å²) in [6.45, 7) is 1.70. The van der Waals surface area contributed by atoms with Gasteiger partial charge in [-0.15, -0.1) is 0 Å². The van der Waals surface area contributed by atoms with E-state index in [0.29, 0.717) is 12.1 Å². The van der Waals surface area contributed by atoms with Crippen LogP contribution in [0.3, 0.4) is 0 Å². The molecule has 4 N–H and O–H groups in total. The lowest BCUT2D eigenvalue weighted by atomic mass is 10.2. The molecule has 110 valence electrons. The van der Waals surface area contributed by atoms with Gasteiger partial charge in [-0.3, -0.25) is 4.79 Å². The number of nitrogens with two attached hydrogens (primary N) is 2. The molecule has 1 aromatic heterocycles. The van der Waals surface area contributed by atoms with E-state index in [1.807, 2.05) is 0 Å². The van der Waals surface area contributed by atoms with Gasteiger partial charge in [0.1, 0.15) is 0 Å². The molecule has 0 aliphatic rings. The van der Waals surface area contributed by atoms with Crippen molar-refractivity contribution in [2.45, 2.75) is 19.4 Å². The molecule has 2 aromatic rings. The van der Waals surface area contributed by atoms with E-state index in [1.54, 1.807) is 37.4 Å². The van der Waals surface area contributed by atoms with E-state index in [-0.39, 0.29) is 5.69 Å². The summed E-state index contributed by atoms with van der Waals surface area (Å²) in [6, 6.07) is 8.56. The molecule has 2 rings (SSSR count). The van der Waals surface area contributed by atoms with Crippen LogP contribution in [0.4, 0.5) is 5.69 Å². The molecule has 1 aromatic carbocycles. The lowest BCUT2D eigenvalue weighted by Gasteiger charge is -2.10. The molecule has 0 bridgehead atoms. The highest BCUT2D eigenvalue weighted by Crippen LogP contribution is 2.12. The van der Waals surface area contributed by atoms with Crippen LogP contribution >= 0.6 is 0 Å². The van der Waals surface area contributed by atoms with Crippen LogP contribution in [0, 0.1) is 0 Å². The topological polar surface area (TPSA) is 113 Å². The van der Waals surface area contributed by atoms with Crippen LogP contribution in [0.15, 0.2) is 36.5 Å².